The first kappa shape index (κ1) is 16.6. The number of carbonyl (C=O) groups is 1. The number of urea groups is 1. The van der Waals surface area contributed by atoms with E-state index in [0.717, 1.165) is 25.8 Å². The number of hydrogen-bond donors (Lipinski definition) is 2. The highest BCUT2D eigenvalue weighted by molar-refractivity contribution is 5.74. The van der Waals surface area contributed by atoms with Crippen LogP contribution in [-0.2, 0) is 6.42 Å². The summed E-state index contributed by atoms with van der Waals surface area (Å²) in [5.74, 6) is 0.672. The molecule has 1 aliphatic rings. The summed E-state index contributed by atoms with van der Waals surface area (Å²) in [6.07, 6.45) is 10.2. The lowest BCUT2D eigenvalue weighted by Gasteiger charge is -2.10. The van der Waals surface area contributed by atoms with Gasteiger partial charge in [-0.25, -0.2) is 4.79 Å². The molecule has 3 heteroatoms. The van der Waals surface area contributed by atoms with Crippen molar-refractivity contribution >= 4 is 6.03 Å². The first-order chi connectivity index (χ1) is 10.8. The summed E-state index contributed by atoms with van der Waals surface area (Å²) in [5, 5.41) is 5.78. The van der Waals surface area contributed by atoms with Crippen molar-refractivity contribution in [2.24, 2.45) is 5.92 Å². The van der Waals surface area contributed by atoms with Gasteiger partial charge in [0.15, 0.2) is 0 Å². The van der Waals surface area contributed by atoms with E-state index in [0.29, 0.717) is 5.92 Å². The number of hydrogen-bond acceptors (Lipinski definition) is 1. The first-order valence-corrected chi connectivity index (χ1v) is 8.50. The molecule has 0 saturated heterocycles. The zero-order chi connectivity index (χ0) is 15.6. The van der Waals surface area contributed by atoms with Gasteiger partial charge >= 0.3 is 6.03 Å². The van der Waals surface area contributed by atoms with Crippen molar-refractivity contribution in [2.75, 3.05) is 6.54 Å². The molecule has 1 aromatic rings. The molecule has 0 bridgehead atoms. The minimum atomic E-state index is -0.0861. The molecule has 1 aliphatic carbocycles. The molecule has 0 spiro atoms. The Morgan fingerprint density at radius 2 is 1.91 bits per heavy atom. The summed E-state index contributed by atoms with van der Waals surface area (Å²) >= 11 is 0. The van der Waals surface area contributed by atoms with E-state index in [1.54, 1.807) is 0 Å². The van der Waals surface area contributed by atoms with Gasteiger partial charge in [0.1, 0.15) is 0 Å². The highest BCUT2D eigenvalue weighted by Crippen LogP contribution is 2.30. The Kier molecular flexibility index (Phi) is 7.01. The van der Waals surface area contributed by atoms with Gasteiger partial charge in [-0.2, -0.15) is 0 Å². The number of benzene rings is 1. The van der Waals surface area contributed by atoms with Crippen LogP contribution in [0.1, 0.15) is 51.0 Å². The largest absolute Gasteiger partial charge is 0.338 e. The molecule has 0 aliphatic heterocycles. The molecule has 22 heavy (non-hydrogen) atoms. The average molecular weight is 300 g/mol. The van der Waals surface area contributed by atoms with Gasteiger partial charge in [-0.3, -0.25) is 0 Å². The third-order valence-electron chi connectivity index (χ3n) is 4.45. The van der Waals surface area contributed by atoms with Gasteiger partial charge in [0.2, 0.25) is 0 Å². The van der Waals surface area contributed by atoms with Crippen LogP contribution >= 0.6 is 0 Å². The Balaban J connectivity index is 1.55. The number of rotatable bonds is 7. The van der Waals surface area contributed by atoms with Crippen LogP contribution in [0.3, 0.4) is 0 Å². The van der Waals surface area contributed by atoms with Crippen molar-refractivity contribution in [1.29, 1.82) is 0 Å². The Hall–Kier alpha value is -1.77. The van der Waals surface area contributed by atoms with Gasteiger partial charge in [-0.15, -0.1) is 0 Å². The summed E-state index contributed by atoms with van der Waals surface area (Å²) in [6.45, 7) is 2.85. The van der Waals surface area contributed by atoms with Crippen molar-refractivity contribution in [3.8, 4) is 0 Å². The van der Waals surface area contributed by atoms with E-state index in [-0.39, 0.29) is 6.03 Å². The first-order valence-electron chi connectivity index (χ1n) is 8.50. The van der Waals surface area contributed by atoms with E-state index in [1.165, 1.54) is 36.8 Å². The maximum absolute atomic E-state index is 11.7. The molecule has 2 rings (SSSR count). The van der Waals surface area contributed by atoms with Crippen LogP contribution in [0.25, 0.3) is 0 Å². The number of nitrogens with one attached hydrogen (secondary N) is 2. The number of carbonyl (C=O) groups excluding carboxylic acids is 1. The molecule has 0 unspecified atom stereocenters. The Labute approximate surface area is 134 Å². The highest BCUT2D eigenvalue weighted by Gasteiger charge is 2.16. The van der Waals surface area contributed by atoms with Gasteiger partial charge in [-0.05, 0) is 50.5 Å². The molecule has 3 nitrogen and oxygen atoms in total. The van der Waals surface area contributed by atoms with Crippen molar-refractivity contribution in [2.45, 2.75) is 51.9 Å². The van der Waals surface area contributed by atoms with E-state index in [4.69, 9.17) is 0 Å². The molecule has 0 radical (unpaired) electrons. The molecule has 2 amide bonds. The fraction of sp³-hybridized carbons (Fsp3) is 0.526. The lowest BCUT2D eigenvalue weighted by molar-refractivity contribution is 0.244. The molecule has 2 N–H and O–H groups in total. The number of amides is 2. The predicted octanol–water partition coefficient (Wildman–Crippen LogP) is 4.40. The van der Waals surface area contributed by atoms with Gasteiger partial charge < -0.3 is 10.6 Å². The highest BCUT2D eigenvalue weighted by atomic mass is 16.2. The molecule has 120 valence electrons. The summed E-state index contributed by atoms with van der Waals surface area (Å²) in [7, 11) is 0. The smallest absolute Gasteiger partial charge is 0.318 e. The molecule has 1 fully saturated rings. The van der Waals surface area contributed by atoms with E-state index in [1.807, 2.05) is 12.3 Å². The Morgan fingerprint density at radius 1 is 1.18 bits per heavy atom. The van der Waals surface area contributed by atoms with Gasteiger partial charge in [0.05, 0.1) is 0 Å². The molecule has 0 aromatic heterocycles. The van der Waals surface area contributed by atoms with Crippen LogP contribution in [0.4, 0.5) is 4.79 Å². The molecule has 0 atom stereocenters. The number of unbranched alkanes of at least 4 members (excludes halogenated alkanes) is 1. The van der Waals surface area contributed by atoms with Gasteiger partial charge in [0.25, 0.3) is 0 Å². The fourth-order valence-electron chi connectivity index (χ4n) is 3.03. The average Bonchev–Trinajstić information content (AvgIpc) is 3.08. The van der Waals surface area contributed by atoms with Crippen molar-refractivity contribution < 1.29 is 4.79 Å². The van der Waals surface area contributed by atoms with Crippen molar-refractivity contribution in [3.63, 3.8) is 0 Å². The summed E-state index contributed by atoms with van der Waals surface area (Å²) in [4.78, 5) is 11.7. The fourth-order valence-corrected chi connectivity index (χ4v) is 3.03. The zero-order valence-electron chi connectivity index (χ0n) is 13.6. The standard InChI is InChI=1S/C19H28N2O/c1-16(18-12-5-6-13-18)15-21-19(22)20-14-8-7-11-17-9-3-2-4-10-17/h2-4,9-10,15,18H,5-8,11-14H2,1H3,(H2,20,21,22)/b16-15+. The summed E-state index contributed by atoms with van der Waals surface area (Å²) < 4.78 is 0. The van der Waals surface area contributed by atoms with Gasteiger partial charge in [-0.1, -0.05) is 48.7 Å². The van der Waals surface area contributed by atoms with Crippen LogP contribution in [0.2, 0.25) is 0 Å². The minimum Gasteiger partial charge on any atom is -0.338 e. The number of aryl methyl sites for hydroxylation is 1. The van der Waals surface area contributed by atoms with Crippen LogP contribution < -0.4 is 10.6 Å². The lowest BCUT2D eigenvalue weighted by Crippen LogP contribution is -2.33. The lowest BCUT2D eigenvalue weighted by atomic mass is 10.0. The second kappa shape index (κ2) is 9.29. The quantitative estimate of drug-likeness (QED) is 0.720. The zero-order valence-corrected chi connectivity index (χ0v) is 13.6. The third-order valence-corrected chi connectivity index (χ3v) is 4.45. The Bertz CT molecular complexity index is 475. The molecular weight excluding hydrogens is 272 g/mol. The van der Waals surface area contributed by atoms with E-state index >= 15 is 0 Å². The van der Waals surface area contributed by atoms with Crippen LogP contribution in [0, 0.1) is 5.92 Å². The predicted molar refractivity (Wildman–Crippen MR) is 91.6 cm³/mol. The van der Waals surface area contributed by atoms with Crippen LogP contribution in [-0.4, -0.2) is 12.6 Å². The van der Waals surface area contributed by atoms with E-state index < -0.39 is 0 Å². The van der Waals surface area contributed by atoms with Crippen molar-refractivity contribution in [1.82, 2.24) is 10.6 Å². The third kappa shape index (κ3) is 5.92. The summed E-state index contributed by atoms with van der Waals surface area (Å²) in [6, 6.07) is 10.4. The molecule has 1 saturated carbocycles. The van der Waals surface area contributed by atoms with Crippen molar-refractivity contribution in [3.05, 3.63) is 47.7 Å². The monoisotopic (exact) mass is 300 g/mol. The molecule has 0 heterocycles. The molecular formula is C19H28N2O. The van der Waals surface area contributed by atoms with E-state index in [2.05, 4.69) is 41.8 Å². The topological polar surface area (TPSA) is 41.1 Å². The Morgan fingerprint density at radius 3 is 2.64 bits per heavy atom. The maximum atomic E-state index is 11.7. The summed E-state index contributed by atoms with van der Waals surface area (Å²) in [5.41, 5.74) is 2.67. The second-order valence-electron chi connectivity index (χ2n) is 6.21. The SMILES string of the molecule is C/C(=C\NC(=O)NCCCCc1ccccc1)C1CCCC1. The molecule has 1 aromatic carbocycles. The maximum Gasteiger partial charge on any atom is 0.318 e. The minimum absolute atomic E-state index is 0.0861. The number of allylic oxidation sites excluding steroid dienone is 1. The van der Waals surface area contributed by atoms with Gasteiger partial charge in [0, 0.05) is 12.7 Å². The normalized spacial score (nSPS) is 15.8. The van der Waals surface area contributed by atoms with Crippen LogP contribution in [0.5, 0.6) is 0 Å². The second-order valence-corrected chi connectivity index (χ2v) is 6.21. The van der Waals surface area contributed by atoms with Crippen LogP contribution in [0.15, 0.2) is 42.1 Å². The van der Waals surface area contributed by atoms with E-state index in [9.17, 15) is 4.79 Å².